The van der Waals surface area contributed by atoms with Crippen LogP contribution in [0.1, 0.15) is 25.7 Å². The highest BCUT2D eigenvalue weighted by Crippen LogP contribution is 2.40. The zero-order chi connectivity index (χ0) is 14.0. The quantitative estimate of drug-likeness (QED) is 0.799. The molecule has 2 aliphatic heterocycles. The summed E-state index contributed by atoms with van der Waals surface area (Å²) in [6, 6.07) is 1.91. The number of methoxy groups -OCH3 is 1. The molecule has 6 heteroatoms. The number of pyridine rings is 1. The maximum atomic E-state index is 6.02. The van der Waals surface area contributed by atoms with Gasteiger partial charge in [0.15, 0.2) is 0 Å². The van der Waals surface area contributed by atoms with Crippen LogP contribution in [0.15, 0.2) is 17.2 Å². The van der Waals surface area contributed by atoms with Crippen LogP contribution < -0.4 is 4.74 Å². The molecule has 2 aliphatic rings. The largest absolute Gasteiger partial charge is 0.480 e. The number of piperidine rings is 1. The summed E-state index contributed by atoms with van der Waals surface area (Å²) in [6.07, 6.45) is 6.25. The van der Waals surface area contributed by atoms with Crippen LogP contribution in [0.5, 0.6) is 5.88 Å². The maximum absolute atomic E-state index is 6.02. The minimum Gasteiger partial charge on any atom is -0.480 e. The minimum atomic E-state index is 0.160. The summed E-state index contributed by atoms with van der Waals surface area (Å²) in [5, 5.41) is 0.640. The van der Waals surface area contributed by atoms with Crippen molar-refractivity contribution >= 4 is 23.5 Å². The average molecular weight is 315 g/mol. The first-order valence-electron chi connectivity index (χ1n) is 6.97. The highest BCUT2D eigenvalue weighted by atomic mass is 35.5. The lowest BCUT2D eigenvalue weighted by atomic mass is 9.90. The Kier molecular flexibility index (Phi) is 4.40. The Bertz CT molecular complexity index is 470. The second-order valence-electron chi connectivity index (χ2n) is 5.32. The van der Waals surface area contributed by atoms with E-state index < -0.39 is 0 Å². The van der Waals surface area contributed by atoms with E-state index in [4.69, 9.17) is 21.1 Å². The third kappa shape index (κ3) is 3.06. The van der Waals surface area contributed by atoms with E-state index in [1.807, 2.05) is 6.07 Å². The lowest BCUT2D eigenvalue weighted by Gasteiger charge is -2.37. The average Bonchev–Trinajstić information content (AvgIpc) is 2.90. The fourth-order valence-electron chi connectivity index (χ4n) is 2.90. The van der Waals surface area contributed by atoms with Crippen LogP contribution >= 0.6 is 23.5 Å². The van der Waals surface area contributed by atoms with Crippen LogP contribution in [-0.4, -0.2) is 41.7 Å². The summed E-state index contributed by atoms with van der Waals surface area (Å²) in [5.41, 5.74) is 0.160. The number of hydrogen-bond acceptors (Lipinski definition) is 5. The summed E-state index contributed by atoms with van der Waals surface area (Å²) in [6.45, 7) is 2.99. The topological polar surface area (TPSA) is 34.6 Å². The minimum absolute atomic E-state index is 0.160. The smallest absolute Gasteiger partial charge is 0.228 e. The maximum Gasteiger partial charge on any atom is 0.228 e. The van der Waals surface area contributed by atoms with Gasteiger partial charge in [0.1, 0.15) is 0 Å². The van der Waals surface area contributed by atoms with Crippen molar-refractivity contribution in [3.63, 3.8) is 0 Å². The van der Waals surface area contributed by atoms with Gasteiger partial charge in [-0.05, 0) is 43.7 Å². The molecular weight excluding hydrogens is 296 g/mol. The lowest BCUT2D eigenvalue weighted by Crippen LogP contribution is -2.41. The van der Waals surface area contributed by atoms with Crippen LogP contribution in [0, 0.1) is 0 Å². The molecule has 0 aliphatic carbocycles. The third-order valence-electron chi connectivity index (χ3n) is 4.02. The van der Waals surface area contributed by atoms with E-state index in [2.05, 4.69) is 9.29 Å². The van der Waals surface area contributed by atoms with Crippen LogP contribution in [0.25, 0.3) is 0 Å². The van der Waals surface area contributed by atoms with Gasteiger partial charge >= 0.3 is 0 Å². The van der Waals surface area contributed by atoms with Crippen molar-refractivity contribution in [1.82, 2.24) is 9.29 Å². The van der Waals surface area contributed by atoms with Crippen molar-refractivity contribution in [1.29, 1.82) is 0 Å². The van der Waals surface area contributed by atoms with Gasteiger partial charge in [0.2, 0.25) is 5.88 Å². The predicted molar refractivity (Wildman–Crippen MR) is 80.4 cm³/mol. The van der Waals surface area contributed by atoms with Crippen LogP contribution in [0.4, 0.5) is 0 Å². The molecule has 1 spiro atoms. The molecule has 0 amide bonds. The Hall–Kier alpha value is -0.490. The molecule has 1 aromatic rings. The van der Waals surface area contributed by atoms with Gasteiger partial charge in [-0.3, -0.25) is 0 Å². The molecule has 0 radical (unpaired) electrons. The zero-order valence-corrected chi connectivity index (χ0v) is 13.2. The molecule has 2 fully saturated rings. The third-order valence-corrected chi connectivity index (χ3v) is 5.34. The number of aromatic nitrogens is 1. The molecular formula is C14H19ClN2O2S. The van der Waals surface area contributed by atoms with E-state index in [1.165, 1.54) is 12.8 Å². The summed E-state index contributed by atoms with van der Waals surface area (Å²) in [4.78, 5) is 5.18. The number of halogens is 1. The first kappa shape index (κ1) is 14.4. The van der Waals surface area contributed by atoms with Crippen LogP contribution in [-0.2, 0) is 4.74 Å². The van der Waals surface area contributed by atoms with Crippen molar-refractivity contribution in [3.05, 3.63) is 17.3 Å². The Morgan fingerprint density at radius 2 is 2.20 bits per heavy atom. The first-order valence-corrected chi connectivity index (χ1v) is 8.12. The molecule has 0 N–H and O–H groups in total. The van der Waals surface area contributed by atoms with E-state index >= 15 is 0 Å². The Morgan fingerprint density at radius 3 is 2.85 bits per heavy atom. The van der Waals surface area contributed by atoms with Crippen molar-refractivity contribution in [2.75, 3.05) is 26.8 Å². The Labute approximate surface area is 128 Å². The molecule has 0 saturated carbocycles. The fourth-order valence-corrected chi connectivity index (χ4v) is 4.16. The van der Waals surface area contributed by atoms with Crippen LogP contribution in [0.2, 0.25) is 5.02 Å². The van der Waals surface area contributed by atoms with Crippen molar-refractivity contribution < 1.29 is 9.47 Å². The Morgan fingerprint density at radius 1 is 1.40 bits per heavy atom. The second-order valence-corrected chi connectivity index (χ2v) is 6.89. The Balaban J connectivity index is 1.63. The molecule has 3 rings (SSSR count). The monoisotopic (exact) mass is 314 g/mol. The van der Waals surface area contributed by atoms with Crippen molar-refractivity contribution in [3.8, 4) is 5.88 Å². The lowest BCUT2D eigenvalue weighted by molar-refractivity contribution is -0.0297. The fraction of sp³-hybridized carbons (Fsp3) is 0.643. The van der Waals surface area contributed by atoms with Gasteiger partial charge in [-0.15, -0.1) is 0 Å². The summed E-state index contributed by atoms with van der Waals surface area (Å²) in [5.74, 6) is 0.636. The normalized spacial score (nSPS) is 22.3. The summed E-state index contributed by atoms with van der Waals surface area (Å²) < 4.78 is 13.6. The SMILES string of the molecule is COc1ncc(Cl)cc1SN1CCC2(CCCO2)CC1. The van der Waals surface area contributed by atoms with Gasteiger partial charge in [-0.1, -0.05) is 11.6 Å². The molecule has 0 bridgehead atoms. The molecule has 0 atom stereocenters. The molecule has 4 nitrogen and oxygen atoms in total. The van der Waals surface area contributed by atoms with E-state index in [1.54, 1.807) is 25.3 Å². The van der Waals surface area contributed by atoms with Gasteiger partial charge in [0.05, 0.1) is 22.6 Å². The number of ether oxygens (including phenoxy) is 2. The molecule has 3 heterocycles. The van der Waals surface area contributed by atoms with E-state index in [9.17, 15) is 0 Å². The van der Waals surface area contributed by atoms with E-state index in [0.29, 0.717) is 10.9 Å². The molecule has 1 aromatic heterocycles. The van der Waals surface area contributed by atoms with Gasteiger partial charge in [0.25, 0.3) is 0 Å². The molecule has 20 heavy (non-hydrogen) atoms. The molecule has 0 aromatic carbocycles. The molecule has 0 unspecified atom stereocenters. The van der Waals surface area contributed by atoms with E-state index in [0.717, 1.165) is 37.4 Å². The first-order chi connectivity index (χ1) is 9.71. The standard InChI is InChI=1S/C14H19ClN2O2S/c1-18-13-12(9-11(15)10-16-13)20-17-6-4-14(5-7-17)3-2-8-19-14/h9-10H,2-8H2,1H3. The number of nitrogens with zero attached hydrogens (tertiary/aromatic N) is 2. The van der Waals surface area contributed by atoms with Gasteiger partial charge < -0.3 is 9.47 Å². The second kappa shape index (κ2) is 6.10. The van der Waals surface area contributed by atoms with E-state index in [-0.39, 0.29) is 5.60 Å². The van der Waals surface area contributed by atoms with Crippen molar-refractivity contribution in [2.45, 2.75) is 36.2 Å². The predicted octanol–water partition coefficient (Wildman–Crippen LogP) is 3.40. The van der Waals surface area contributed by atoms with Gasteiger partial charge in [-0.25, -0.2) is 9.29 Å². The molecule has 2 saturated heterocycles. The molecule has 110 valence electrons. The highest BCUT2D eigenvalue weighted by Gasteiger charge is 2.38. The summed E-state index contributed by atoms with van der Waals surface area (Å²) >= 11 is 7.70. The van der Waals surface area contributed by atoms with Gasteiger partial charge in [0, 0.05) is 25.9 Å². The summed E-state index contributed by atoms with van der Waals surface area (Å²) in [7, 11) is 1.64. The highest BCUT2D eigenvalue weighted by molar-refractivity contribution is 7.97. The van der Waals surface area contributed by atoms with Gasteiger partial charge in [-0.2, -0.15) is 0 Å². The zero-order valence-electron chi connectivity index (χ0n) is 11.6. The van der Waals surface area contributed by atoms with Crippen LogP contribution in [0.3, 0.4) is 0 Å². The van der Waals surface area contributed by atoms with Crippen molar-refractivity contribution in [2.24, 2.45) is 0 Å². The number of hydrogen-bond donors (Lipinski definition) is 0. The number of rotatable bonds is 3.